The van der Waals surface area contributed by atoms with Crippen molar-refractivity contribution in [2.75, 3.05) is 54.1 Å². The molecular formula is C20H28N2O4. The number of hydrogen-bond donors (Lipinski definition) is 1. The first kappa shape index (κ1) is 18.6. The first-order valence-electron chi connectivity index (χ1n) is 8.98. The normalized spacial score (nSPS) is 20.3. The average molecular weight is 360 g/mol. The maximum atomic E-state index is 5.79. The van der Waals surface area contributed by atoms with Crippen LogP contribution in [-0.4, -0.2) is 65.1 Å². The van der Waals surface area contributed by atoms with Gasteiger partial charge in [0.1, 0.15) is 6.10 Å². The molecule has 1 fully saturated rings. The molecule has 6 nitrogen and oxygen atoms in total. The monoisotopic (exact) mass is 360 g/mol. The largest absolute Gasteiger partial charge is 0.493 e. The number of benzene rings is 1. The third kappa shape index (κ3) is 4.51. The van der Waals surface area contributed by atoms with Gasteiger partial charge in [0.15, 0.2) is 11.5 Å². The zero-order valence-corrected chi connectivity index (χ0v) is 15.8. The summed E-state index contributed by atoms with van der Waals surface area (Å²) in [5, 5.41) is 3.38. The summed E-state index contributed by atoms with van der Waals surface area (Å²) in [6.45, 7) is 5.15. The Morgan fingerprint density at radius 1 is 1.08 bits per heavy atom. The molecule has 3 rings (SSSR count). The third-order valence-electron chi connectivity index (χ3n) is 4.72. The Bertz CT molecular complexity index is 641. The predicted octanol–water partition coefficient (Wildman–Crippen LogP) is 2.00. The Morgan fingerprint density at radius 3 is 2.38 bits per heavy atom. The molecule has 0 aliphatic carbocycles. The van der Waals surface area contributed by atoms with Crippen LogP contribution in [0.1, 0.15) is 5.56 Å². The van der Waals surface area contributed by atoms with Crippen molar-refractivity contribution in [1.82, 2.24) is 10.2 Å². The molecule has 0 saturated carbocycles. The molecule has 0 spiro atoms. The molecule has 6 heteroatoms. The van der Waals surface area contributed by atoms with E-state index in [0.717, 1.165) is 44.7 Å². The van der Waals surface area contributed by atoms with Gasteiger partial charge in [-0.25, -0.2) is 0 Å². The van der Waals surface area contributed by atoms with E-state index in [9.17, 15) is 0 Å². The highest BCUT2D eigenvalue weighted by molar-refractivity contribution is 5.54. The zero-order chi connectivity index (χ0) is 18.4. The Kier molecular flexibility index (Phi) is 6.41. The molecule has 1 unspecified atom stereocenters. The van der Waals surface area contributed by atoms with E-state index in [1.165, 1.54) is 5.57 Å². The van der Waals surface area contributed by atoms with Gasteiger partial charge < -0.3 is 24.3 Å². The molecule has 0 aromatic heterocycles. The van der Waals surface area contributed by atoms with Gasteiger partial charge in [0.25, 0.3) is 0 Å². The van der Waals surface area contributed by atoms with Gasteiger partial charge in [0.2, 0.25) is 5.75 Å². The van der Waals surface area contributed by atoms with Crippen LogP contribution in [0.3, 0.4) is 0 Å². The lowest BCUT2D eigenvalue weighted by Crippen LogP contribution is -2.46. The van der Waals surface area contributed by atoms with Gasteiger partial charge in [-0.2, -0.15) is 0 Å². The first-order chi connectivity index (χ1) is 12.7. The van der Waals surface area contributed by atoms with Crippen LogP contribution in [0.5, 0.6) is 17.2 Å². The summed E-state index contributed by atoms with van der Waals surface area (Å²) in [5.41, 5.74) is 2.34. The molecule has 2 aliphatic heterocycles. The molecule has 26 heavy (non-hydrogen) atoms. The van der Waals surface area contributed by atoms with Crippen LogP contribution in [0, 0.1) is 0 Å². The van der Waals surface area contributed by atoms with E-state index in [1.807, 2.05) is 18.2 Å². The van der Waals surface area contributed by atoms with E-state index in [4.69, 9.17) is 18.9 Å². The smallest absolute Gasteiger partial charge is 0.203 e. The van der Waals surface area contributed by atoms with Gasteiger partial charge >= 0.3 is 0 Å². The maximum Gasteiger partial charge on any atom is 0.203 e. The van der Waals surface area contributed by atoms with Gasteiger partial charge in [0, 0.05) is 32.7 Å². The summed E-state index contributed by atoms with van der Waals surface area (Å²) in [5.74, 6) is 1.97. The highest BCUT2D eigenvalue weighted by atomic mass is 16.5. The molecule has 142 valence electrons. The van der Waals surface area contributed by atoms with E-state index in [2.05, 4.69) is 16.3 Å². The topological polar surface area (TPSA) is 52.2 Å². The molecule has 1 N–H and O–H groups in total. The molecule has 1 saturated heterocycles. The molecule has 1 aromatic rings. The van der Waals surface area contributed by atoms with Crippen LogP contribution in [0.2, 0.25) is 0 Å². The second-order valence-corrected chi connectivity index (χ2v) is 6.48. The first-order valence-corrected chi connectivity index (χ1v) is 8.98. The van der Waals surface area contributed by atoms with E-state index < -0.39 is 0 Å². The summed E-state index contributed by atoms with van der Waals surface area (Å²) in [6, 6.07) is 3.99. The second kappa shape index (κ2) is 8.96. The predicted molar refractivity (Wildman–Crippen MR) is 101 cm³/mol. The van der Waals surface area contributed by atoms with E-state index in [0.29, 0.717) is 17.2 Å². The van der Waals surface area contributed by atoms with Crippen LogP contribution in [-0.2, 0) is 11.2 Å². The van der Waals surface area contributed by atoms with Gasteiger partial charge in [-0.15, -0.1) is 0 Å². The van der Waals surface area contributed by atoms with E-state index in [-0.39, 0.29) is 6.10 Å². The fraction of sp³-hybridized carbons (Fsp3) is 0.500. The summed E-state index contributed by atoms with van der Waals surface area (Å²) >= 11 is 0. The number of rotatable bonds is 7. The third-order valence-corrected chi connectivity index (χ3v) is 4.72. The maximum absolute atomic E-state index is 5.79. The molecular weight excluding hydrogens is 332 g/mol. The van der Waals surface area contributed by atoms with Crippen LogP contribution in [0.15, 0.2) is 36.1 Å². The summed E-state index contributed by atoms with van der Waals surface area (Å²) in [6.07, 6.45) is 6.92. The minimum Gasteiger partial charge on any atom is -0.493 e. The molecule has 0 radical (unpaired) electrons. The SMILES string of the molecule is COc1cc(CC2=CC(CN3CCNCC3)OC=C2)cc(OC)c1OC. The quantitative estimate of drug-likeness (QED) is 0.803. The number of nitrogens with zero attached hydrogens (tertiary/aromatic N) is 1. The van der Waals surface area contributed by atoms with Crippen LogP contribution in [0.25, 0.3) is 0 Å². The molecule has 1 atom stereocenters. The van der Waals surface area contributed by atoms with Crippen molar-refractivity contribution in [2.45, 2.75) is 12.5 Å². The van der Waals surface area contributed by atoms with Crippen molar-refractivity contribution in [3.05, 3.63) is 41.7 Å². The van der Waals surface area contributed by atoms with Gasteiger partial charge in [-0.05, 0) is 41.8 Å². The summed E-state index contributed by atoms with van der Waals surface area (Å²) in [4.78, 5) is 2.44. The van der Waals surface area contributed by atoms with Gasteiger partial charge in [-0.3, -0.25) is 4.90 Å². The van der Waals surface area contributed by atoms with Crippen molar-refractivity contribution in [3.8, 4) is 17.2 Å². The summed E-state index contributed by atoms with van der Waals surface area (Å²) in [7, 11) is 4.89. The fourth-order valence-electron chi connectivity index (χ4n) is 3.40. The Hall–Kier alpha value is -2.18. The molecule has 1 aromatic carbocycles. The van der Waals surface area contributed by atoms with Crippen molar-refractivity contribution in [3.63, 3.8) is 0 Å². The standard InChI is InChI=1S/C20H28N2O4/c1-23-18-12-16(13-19(24-2)20(18)25-3)10-15-4-9-26-17(11-15)14-22-7-5-21-6-8-22/h4,9,11-13,17,21H,5-8,10,14H2,1-3H3. The minimum atomic E-state index is 0.0927. The molecule has 2 aliphatic rings. The highest BCUT2D eigenvalue weighted by Crippen LogP contribution is 2.38. The number of methoxy groups -OCH3 is 3. The Morgan fingerprint density at radius 2 is 1.77 bits per heavy atom. The van der Waals surface area contributed by atoms with Crippen LogP contribution in [0.4, 0.5) is 0 Å². The van der Waals surface area contributed by atoms with Crippen LogP contribution >= 0.6 is 0 Å². The number of ether oxygens (including phenoxy) is 4. The summed E-state index contributed by atoms with van der Waals surface area (Å²) < 4.78 is 22.1. The highest BCUT2D eigenvalue weighted by Gasteiger charge is 2.18. The lowest BCUT2D eigenvalue weighted by Gasteiger charge is -2.30. The van der Waals surface area contributed by atoms with Crippen LogP contribution < -0.4 is 19.5 Å². The Balaban J connectivity index is 1.71. The van der Waals surface area contributed by atoms with Crippen molar-refractivity contribution >= 4 is 0 Å². The van der Waals surface area contributed by atoms with Crippen molar-refractivity contribution in [1.29, 1.82) is 0 Å². The molecule has 0 amide bonds. The van der Waals surface area contributed by atoms with E-state index in [1.54, 1.807) is 27.6 Å². The Labute approximate surface area is 155 Å². The molecule has 0 bridgehead atoms. The fourth-order valence-corrected chi connectivity index (χ4v) is 3.40. The van der Waals surface area contributed by atoms with Gasteiger partial charge in [0.05, 0.1) is 27.6 Å². The number of hydrogen-bond acceptors (Lipinski definition) is 6. The van der Waals surface area contributed by atoms with Gasteiger partial charge in [-0.1, -0.05) is 0 Å². The van der Waals surface area contributed by atoms with E-state index >= 15 is 0 Å². The average Bonchev–Trinajstić information content (AvgIpc) is 2.68. The lowest BCUT2D eigenvalue weighted by molar-refractivity contribution is 0.116. The lowest BCUT2D eigenvalue weighted by atomic mass is 10.0. The number of allylic oxidation sites excluding steroid dienone is 2. The zero-order valence-electron chi connectivity index (χ0n) is 15.8. The number of piperazine rings is 1. The van der Waals surface area contributed by atoms with Crippen molar-refractivity contribution in [2.24, 2.45) is 0 Å². The number of nitrogens with one attached hydrogen (secondary N) is 1. The molecule has 2 heterocycles. The minimum absolute atomic E-state index is 0.0927. The van der Waals surface area contributed by atoms with Crippen molar-refractivity contribution < 1.29 is 18.9 Å². The second-order valence-electron chi connectivity index (χ2n) is 6.48.